The summed E-state index contributed by atoms with van der Waals surface area (Å²) in [5, 5.41) is 6.41. The minimum atomic E-state index is 0.169. The van der Waals surface area contributed by atoms with E-state index in [1.54, 1.807) is 0 Å². The second kappa shape index (κ2) is 6.53. The fourth-order valence-corrected chi connectivity index (χ4v) is 2.58. The highest BCUT2D eigenvalue weighted by atomic mass is 16.2. The summed E-state index contributed by atoms with van der Waals surface area (Å²) < 4.78 is 0. The highest BCUT2D eigenvalue weighted by molar-refractivity contribution is 5.78. The van der Waals surface area contributed by atoms with E-state index >= 15 is 0 Å². The van der Waals surface area contributed by atoms with Gasteiger partial charge in [0, 0.05) is 18.6 Å². The minimum Gasteiger partial charge on any atom is -0.352 e. The van der Waals surface area contributed by atoms with Crippen LogP contribution in [-0.2, 0) is 4.79 Å². The summed E-state index contributed by atoms with van der Waals surface area (Å²) in [5.74, 6) is 0.918. The van der Waals surface area contributed by atoms with Gasteiger partial charge in [0.15, 0.2) is 0 Å². The van der Waals surface area contributed by atoms with Gasteiger partial charge in [0.2, 0.25) is 5.91 Å². The predicted octanol–water partition coefficient (Wildman–Crippen LogP) is 0.975. The van der Waals surface area contributed by atoms with Gasteiger partial charge in [-0.3, -0.25) is 4.79 Å². The molecule has 2 rings (SSSR count). The van der Waals surface area contributed by atoms with Crippen LogP contribution in [0, 0.1) is 5.92 Å². The van der Waals surface area contributed by atoms with Gasteiger partial charge in [-0.25, -0.2) is 0 Å². The van der Waals surface area contributed by atoms with E-state index in [0.717, 1.165) is 5.92 Å². The molecule has 0 unspecified atom stereocenters. The van der Waals surface area contributed by atoms with Crippen LogP contribution in [0.1, 0.15) is 39.5 Å². The summed E-state index contributed by atoms with van der Waals surface area (Å²) >= 11 is 0. The zero-order valence-electron chi connectivity index (χ0n) is 11.7. The van der Waals surface area contributed by atoms with Crippen LogP contribution in [0.15, 0.2) is 0 Å². The normalized spacial score (nSPS) is 22.4. The third-order valence-corrected chi connectivity index (χ3v) is 3.70. The van der Waals surface area contributed by atoms with Crippen LogP contribution in [0.3, 0.4) is 0 Å². The third kappa shape index (κ3) is 4.94. The molecular weight excluding hydrogens is 226 g/mol. The Kier molecular flexibility index (Phi) is 5.01. The number of hydrogen-bond donors (Lipinski definition) is 2. The number of nitrogens with zero attached hydrogens (tertiary/aromatic N) is 1. The van der Waals surface area contributed by atoms with Crippen molar-refractivity contribution in [2.75, 3.05) is 26.2 Å². The summed E-state index contributed by atoms with van der Waals surface area (Å²) in [6.07, 6.45) is 4.67. The number of rotatable bonds is 6. The molecule has 1 heterocycles. The van der Waals surface area contributed by atoms with Crippen molar-refractivity contribution in [3.05, 3.63) is 0 Å². The molecule has 4 heteroatoms. The molecule has 0 spiro atoms. The van der Waals surface area contributed by atoms with E-state index in [-0.39, 0.29) is 5.91 Å². The average Bonchev–Trinajstić information content (AvgIpc) is 3.11. The molecule has 4 nitrogen and oxygen atoms in total. The molecule has 1 aliphatic heterocycles. The molecule has 1 amide bonds. The highest BCUT2D eigenvalue weighted by Gasteiger charge is 2.24. The molecule has 18 heavy (non-hydrogen) atoms. The highest BCUT2D eigenvalue weighted by Crippen LogP contribution is 2.18. The van der Waals surface area contributed by atoms with Crippen LogP contribution in [0.25, 0.3) is 0 Å². The van der Waals surface area contributed by atoms with E-state index in [4.69, 9.17) is 0 Å². The van der Waals surface area contributed by atoms with E-state index in [1.807, 2.05) is 0 Å². The Hall–Kier alpha value is -0.610. The molecule has 0 atom stereocenters. The number of amides is 1. The summed E-state index contributed by atoms with van der Waals surface area (Å²) in [7, 11) is 0. The Morgan fingerprint density at radius 3 is 2.39 bits per heavy atom. The second-order valence-corrected chi connectivity index (χ2v) is 6.19. The number of hydrogen-bond acceptors (Lipinski definition) is 3. The zero-order valence-corrected chi connectivity index (χ0v) is 11.7. The van der Waals surface area contributed by atoms with Gasteiger partial charge < -0.3 is 15.5 Å². The topological polar surface area (TPSA) is 44.4 Å². The van der Waals surface area contributed by atoms with Crippen molar-refractivity contribution in [3.8, 4) is 0 Å². The van der Waals surface area contributed by atoms with Gasteiger partial charge in [0.05, 0.1) is 6.54 Å². The van der Waals surface area contributed by atoms with Crippen molar-refractivity contribution in [3.63, 3.8) is 0 Å². The fraction of sp³-hybridized carbons (Fsp3) is 0.929. The molecule has 0 aromatic carbocycles. The first kappa shape index (κ1) is 13.8. The Labute approximate surface area is 110 Å². The van der Waals surface area contributed by atoms with Crippen molar-refractivity contribution in [1.82, 2.24) is 15.5 Å². The Morgan fingerprint density at radius 2 is 1.83 bits per heavy atom. The largest absolute Gasteiger partial charge is 0.352 e. The number of nitrogens with one attached hydrogen (secondary N) is 2. The molecule has 0 aromatic rings. The molecule has 2 N–H and O–H groups in total. The monoisotopic (exact) mass is 253 g/mol. The molecule has 1 saturated heterocycles. The lowest BCUT2D eigenvalue weighted by Crippen LogP contribution is -2.46. The van der Waals surface area contributed by atoms with Crippen molar-refractivity contribution in [2.24, 2.45) is 5.92 Å². The summed E-state index contributed by atoms with van der Waals surface area (Å²) in [6, 6.07) is 1.01. The molecule has 104 valence electrons. The number of carbonyl (C=O) groups is 1. The molecule has 0 aromatic heterocycles. The maximum atomic E-state index is 11.6. The summed E-state index contributed by atoms with van der Waals surface area (Å²) in [5.41, 5.74) is 0. The summed E-state index contributed by atoms with van der Waals surface area (Å²) in [6.45, 7) is 8.57. The lowest BCUT2D eigenvalue weighted by molar-refractivity contribution is -0.120. The van der Waals surface area contributed by atoms with Crippen LogP contribution in [0.4, 0.5) is 0 Å². The van der Waals surface area contributed by atoms with Crippen LogP contribution in [0.2, 0.25) is 0 Å². The van der Waals surface area contributed by atoms with Crippen LogP contribution >= 0.6 is 0 Å². The maximum Gasteiger partial charge on any atom is 0.234 e. The SMILES string of the molecule is CC(C)CN1CCC(NCC(=O)NC2CC2)CC1. The number of piperidine rings is 1. The van der Waals surface area contributed by atoms with Crippen LogP contribution in [-0.4, -0.2) is 49.1 Å². The Balaban J connectivity index is 1.56. The first-order chi connectivity index (χ1) is 8.63. The van der Waals surface area contributed by atoms with Gasteiger partial charge in [-0.1, -0.05) is 13.8 Å². The van der Waals surface area contributed by atoms with E-state index in [0.29, 0.717) is 18.6 Å². The van der Waals surface area contributed by atoms with E-state index < -0.39 is 0 Å². The van der Waals surface area contributed by atoms with Gasteiger partial charge in [-0.2, -0.15) is 0 Å². The lowest BCUT2D eigenvalue weighted by Gasteiger charge is -2.33. The fourth-order valence-electron chi connectivity index (χ4n) is 2.58. The van der Waals surface area contributed by atoms with E-state index in [9.17, 15) is 4.79 Å². The van der Waals surface area contributed by atoms with E-state index in [2.05, 4.69) is 29.4 Å². The number of carbonyl (C=O) groups excluding carboxylic acids is 1. The van der Waals surface area contributed by atoms with Gasteiger partial charge in [-0.15, -0.1) is 0 Å². The molecule has 1 saturated carbocycles. The summed E-state index contributed by atoms with van der Waals surface area (Å²) in [4.78, 5) is 14.1. The third-order valence-electron chi connectivity index (χ3n) is 3.70. The van der Waals surface area contributed by atoms with Gasteiger partial charge in [-0.05, 0) is 44.7 Å². The average molecular weight is 253 g/mol. The van der Waals surface area contributed by atoms with Crippen molar-refractivity contribution < 1.29 is 4.79 Å². The molecule has 2 aliphatic rings. The Bertz CT molecular complexity index is 268. The van der Waals surface area contributed by atoms with Crippen LogP contribution < -0.4 is 10.6 Å². The first-order valence-electron chi connectivity index (χ1n) is 7.38. The first-order valence-corrected chi connectivity index (χ1v) is 7.38. The lowest BCUT2D eigenvalue weighted by atomic mass is 10.0. The van der Waals surface area contributed by atoms with Crippen molar-refractivity contribution in [2.45, 2.75) is 51.6 Å². The van der Waals surface area contributed by atoms with Crippen LogP contribution in [0.5, 0.6) is 0 Å². The molecule has 0 radical (unpaired) electrons. The predicted molar refractivity (Wildman–Crippen MR) is 73.5 cm³/mol. The molecular formula is C14H27N3O. The van der Waals surface area contributed by atoms with Gasteiger partial charge in [0.25, 0.3) is 0 Å². The van der Waals surface area contributed by atoms with E-state index in [1.165, 1.54) is 45.3 Å². The molecule has 1 aliphatic carbocycles. The molecule has 2 fully saturated rings. The molecule has 0 bridgehead atoms. The Morgan fingerprint density at radius 1 is 1.17 bits per heavy atom. The second-order valence-electron chi connectivity index (χ2n) is 6.19. The zero-order chi connectivity index (χ0) is 13.0. The van der Waals surface area contributed by atoms with Crippen molar-refractivity contribution >= 4 is 5.91 Å². The smallest absolute Gasteiger partial charge is 0.234 e. The standard InChI is InChI=1S/C14H27N3O/c1-11(2)10-17-7-5-12(6-8-17)15-9-14(18)16-13-3-4-13/h11-13,15H,3-10H2,1-2H3,(H,16,18). The van der Waals surface area contributed by atoms with Crippen molar-refractivity contribution in [1.29, 1.82) is 0 Å². The van der Waals surface area contributed by atoms with Gasteiger partial charge >= 0.3 is 0 Å². The minimum absolute atomic E-state index is 0.169. The number of likely N-dealkylation sites (tertiary alicyclic amines) is 1. The maximum absolute atomic E-state index is 11.6. The quantitative estimate of drug-likeness (QED) is 0.741. The van der Waals surface area contributed by atoms with Gasteiger partial charge in [0.1, 0.15) is 0 Å².